The summed E-state index contributed by atoms with van der Waals surface area (Å²) in [5.74, 6) is 3.36. The van der Waals surface area contributed by atoms with Crippen LogP contribution in [0, 0.1) is 0 Å². The first kappa shape index (κ1) is 19.8. The molecule has 0 spiro atoms. The number of methoxy groups -OCH3 is 1. The van der Waals surface area contributed by atoms with Crippen molar-refractivity contribution in [2.75, 3.05) is 33.7 Å². The van der Waals surface area contributed by atoms with Crippen LogP contribution in [-0.2, 0) is 11.3 Å². The summed E-state index contributed by atoms with van der Waals surface area (Å²) in [5, 5.41) is 4.17. The lowest BCUT2D eigenvalue weighted by molar-refractivity contribution is 0.146. The maximum Gasteiger partial charge on any atom is 0.244 e. The number of hydrogen-bond donors (Lipinski definition) is 0. The van der Waals surface area contributed by atoms with Gasteiger partial charge in [0.2, 0.25) is 18.5 Å². The smallest absolute Gasteiger partial charge is 0.244 e. The Bertz CT molecular complexity index is 1040. The van der Waals surface area contributed by atoms with E-state index in [0.717, 1.165) is 37.4 Å². The Kier molecular flexibility index (Phi) is 5.68. The summed E-state index contributed by atoms with van der Waals surface area (Å²) in [4.78, 5) is 11.4. The fraction of sp³-hybridized carbons (Fsp3) is 0.409. The topological polar surface area (TPSA) is 92.0 Å². The van der Waals surface area contributed by atoms with Crippen molar-refractivity contribution in [3.63, 3.8) is 0 Å². The van der Waals surface area contributed by atoms with Gasteiger partial charge in [0, 0.05) is 25.9 Å². The monoisotopic (exact) mass is 424 g/mol. The van der Waals surface area contributed by atoms with Crippen molar-refractivity contribution in [2.45, 2.75) is 25.4 Å². The molecule has 31 heavy (non-hydrogen) atoms. The summed E-state index contributed by atoms with van der Waals surface area (Å²) in [6, 6.07) is 9.75. The molecule has 2 aliphatic heterocycles. The minimum absolute atomic E-state index is 0.0767. The molecule has 0 unspecified atom stereocenters. The van der Waals surface area contributed by atoms with Crippen LogP contribution in [0.15, 0.2) is 41.1 Å². The van der Waals surface area contributed by atoms with Crippen LogP contribution < -0.4 is 14.2 Å². The highest BCUT2D eigenvalue weighted by molar-refractivity contribution is 5.51. The molecule has 2 aliphatic rings. The van der Waals surface area contributed by atoms with E-state index in [1.165, 1.54) is 5.56 Å². The minimum Gasteiger partial charge on any atom is -0.491 e. The number of likely N-dealkylation sites (tertiary alicyclic amines) is 1. The molecule has 0 radical (unpaired) electrons. The van der Waals surface area contributed by atoms with Crippen LogP contribution in [0.25, 0.3) is 11.5 Å². The first-order valence-corrected chi connectivity index (χ1v) is 10.3. The Balaban J connectivity index is 1.29. The molecule has 0 N–H and O–H groups in total. The zero-order chi connectivity index (χ0) is 21.0. The van der Waals surface area contributed by atoms with Crippen molar-refractivity contribution in [1.82, 2.24) is 20.0 Å². The average Bonchev–Trinajstić information content (AvgIpc) is 3.54. The summed E-state index contributed by atoms with van der Waals surface area (Å²) >= 11 is 0. The Hall–Kier alpha value is -3.17. The first-order chi connectivity index (χ1) is 15.3. The van der Waals surface area contributed by atoms with E-state index in [2.05, 4.69) is 26.1 Å². The van der Waals surface area contributed by atoms with Crippen LogP contribution in [0.3, 0.4) is 0 Å². The lowest BCUT2D eigenvalue weighted by Crippen LogP contribution is -2.23. The van der Waals surface area contributed by atoms with E-state index in [-0.39, 0.29) is 12.8 Å². The third-order valence-corrected chi connectivity index (χ3v) is 5.43. The van der Waals surface area contributed by atoms with Crippen molar-refractivity contribution in [1.29, 1.82) is 0 Å². The lowest BCUT2D eigenvalue weighted by Gasteiger charge is -2.21. The minimum atomic E-state index is 0.0767. The summed E-state index contributed by atoms with van der Waals surface area (Å²) in [6.07, 6.45) is 3.72. The van der Waals surface area contributed by atoms with Crippen molar-refractivity contribution in [3.8, 4) is 28.8 Å². The van der Waals surface area contributed by atoms with Gasteiger partial charge in [-0.1, -0.05) is 11.2 Å². The van der Waals surface area contributed by atoms with Crippen LogP contribution in [-0.4, -0.2) is 53.7 Å². The van der Waals surface area contributed by atoms with E-state index in [1.54, 1.807) is 19.4 Å². The van der Waals surface area contributed by atoms with Crippen molar-refractivity contribution in [2.24, 2.45) is 0 Å². The SMILES string of the molecule is COCCOc1ccnc(-c2noc([C@H]3CCCN3Cc3ccc4c(c3)OCO4)n2)c1. The predicted octanol–water partition coefficient (Wildman–Crippen LogP) is 3.22. The van der Waals surface area contributed by atoms with Gasteiger partial charge in [-0.3, -0.25) is 9.88 Å². The van der Waals surface area contributed by atoms with Gasteiger partial charge in [-0.2, -0.15) is 4.98 Å². The van der Waals surface area contributed by atoms with Gasteiger partial charge in [0.15, 0.2) is 11.5 Å². The van der Waals surface area contributed by atoms with Gasteiger partial charge in [0.05, 0.1) is 12.6 Å². The highest BCUT2D eigenvalue weighted by atomic mass is 16.7. The predicted molar refractivity (Wildman–Crippen MR) is 110 cm³/mol. The molecule has 0 amide bonds. The first-order valence-electron chi connectivity index (χ1n) is 10.3. The second kappa shape index (κ2) is 8.91. The molecule has 9 nitrogen and oxygen atoms in total. The molecule has 0 bridgehead atoms. The Morgan fingerprint density at radius 1 is 1.13 bits per heavy atom. The number of nitrogens with zero attached hydrogens (tertiary/aromatic N) is 4. The van der Waals surface area contributed by atoms with Crippen LogP contribution in [0.1, 0.15) is 30.3 Å². The zero-order valence-electron chi connectivity index (χ0n) is 17.3. The van der Waals surface area contributed by atoms with E-state index < -0.39 is 0 Å². The fourth-order valence-electron chi connectivity index (χ4n) is 3.91. The number of aromatic nitrogens is 3. The maximum absolute atomic E-state index is 5.65. The number of hydrogen-bond acceptors (Lipinski definition) is 9. The van der Waals surface area contributed by atoms with Gasteiger partial charge in [0.25, 0.3) is 0 Å². The number of rotatable bonds is 8. The van der Waals surface area contributed by atoms with Crippen molar-refractivity contribution in [3.05, 3.63) is 48.0 Å². The summed E-state index contributed by atoms with van der Waals surface area (Å²) in [5.41, 5.74) is 1.78. The molecular weight excluding hydrogens is 400 g/mol. The zero-order valence-corrected chi connectivity index (χ0v) is 17.3. The molecule has 4 heterocycles. The van der Waals surface area contributed by atoms with E-state index in [0.29, 0.717) is 36.4 Å². The number of fused-ring (bicyclic) bond motifs is 1. The van der Waals surface area contributed by atoms with E-state index in [4.69, 9.17) is 23.5 Å². The molecule has 3 aromatic rings. The summed E-state index contributed by atoms with van der Waals surface area (Å²) in [6.45, 7) is 3.01. The number of benzene rings is 1. The summed E-state index contributed by atoms with van der Waals surface area (Å²) < 4.78 is 27.2. The Morgan fingerprint density at radius 3 is 3.00 bits per heavy atom. The van der Waals surface area contributed by atoms with Gasteiger partial charge in [-0.05, 0) is 43.1 Å². The van der Waals surface area contributed by atoms with Gasteiger partial charge in [-0.15, -0.1) is 0 Å². The normalized spacial score (nSPS) is 17.9. The molecule has 1 fully saturated rings. The third-order valence-electron chi connectivity index (χ3n) is 5.43. The molecule has 0 aliphatic carbocycles. The lowest BCUT2D eigenvalue weighted by atomic mass is 10.1. The van der Waals surface area contributed by atoms with Crippen molar-refractivity contribution < 1.29 is 23.5 Å². The summed E-state index contributed by atoms with van der Waals surface area (Å²) in [7, 11) is 1.64. The molecule has 9 heteroatoms. The highest BCUT2D eigenvalue weighted by Crippen LogP contribution is 2.36. The largest absolute Gasteiger partial charge is 0.491 e. The standard InChI is InChI=1S/C22H24N4O5/c1-27-9-10-28-16-6-7-23-17(12-16)21-24-22(31-25-21)18-3-2-8-26(18)13-15-4-5-19-20(11-15)30-14-29-19/h4-7,11-12,18H,2-3,8-10,13-14H2,1H3/t18-/m1/s1. The molecule has 1 atom stereocenters. The Morgan fingerprint density at radius 2 is 2.06 bits per heavy atom. The average molecular weight is 424 g/mol. The number of pyridine rings is 1. The van der Waals surface area contributed by atoms with Crippen LogP contribution >= 0.6 is 0 Å². The Labute approximate surface area is 179 Å². The second-order valence-electron chi connectivity index (χ2n) is 7.49. The van der Waals surface area contributed by atoms with Crippen LogP contribution in [0.2, 0.25) is 0 Å². The fourth-order valence-corrected chi connectivity index (χ4v) is 3.91. The van der Waals surface area contributed by atoms with Crippen molar-refractivity contribution >= 4 is 0 Å². The molecule has 5 rings (SSSR count). The van der Waals surface area contributed by atoms with E-state index >= 15 is 0 Å². The molecule has 0 saturated carbocycles. The number of ether oxygens (including phenoxy) is 4. The molecular formula is C22H24N4O5. The highest BCUT2D eigenvalue weighted by Gasteiger charge is 2.31. The third kappa shape index (κ3) is 4.33. The van der Waals surface area contributed by atoms with E-state index in [9.17, 15) is 0 Å². The van der Waals surface area contributed by atoms with Crippen LogP contribution in [0.5, 0.6) is 17.2 Å². The van der Waals surface area contributed by atoms with Gasteiger partial charge >= 0.3 is 0 Å². The van der Waals surface area contributed by atoms with Crippen LogP contribution in [0.4, 0.5) is 0 Å². The molecule has 1 aromatic carbocycles. The van der Waals surface area contributed by atoms with E-state index in [1.807, 2.05) is 18.2 Å². The second-order valence-corrected chi connectivity index (χ2v) is 7.49. The quantitative estimate of drug-likeness (QED) is 0.505. The van der Waals surface area contributed by atoms with Gasteiger partial charge < -0.3 is 23.5 Å². The van der Waals surface area contributed by atoms with Gasteiger partial charge in [0.1, 0.15) is 18.1 Å². The molecule has 1 saturated heterocycles. The molecule has 162 valence electrons. The molecule has 2 aromatic heterocycles. The van der Waals surface area contributed by atoms with Gasteiger partial charge in [-0.25, -0.2) is 0 Å². The maximum atomic E-state index is 5.65.